The Balaban J connectivity index is 2.59. The monoisotopic (exact) mass is 202 g/mol. The molecule has 0 aliphatic heterocycles. The van der Waals surface area contributed by atoms with E-state index in [0.717, 1.165) is 16.7 Å². The van der Waals surface area contributed by atoms with Crippen LogP contribution >= 0.6 is 0 Å². The Labute approximate surface area is 86.9 Å². The molecular formula is C11H10N2O2. The van der Waals surface area contributed by atoms with Gasteiger partial charge in [-0.2, -0.15) is 0 Å². The molecule has 15 heavy (non-hydrogen) atoms. The molecule has 0 saturated heterocycles. The first-order valence-corrected chi connectivity index (χ1v) is 4.52. The predicted molar refractivity (Wildman–Crippen MR) is 56.1 cm³/mol. The van der Waals surface area contributed by atoms with Gasteiger partial charge in [0.2, 0.25) is 0 Å². The van der Waals surface area contributed by atoms with E-state index in [-0.39, 0.29) is 11.6 Å². The fraction of sp³-hybridized carbons (Fsp3) is 0.182. The van der Waals surface area contributed by atoms with Crippen LogP contribution in [0, 0.1) is 0 Å². The van der Waals surface area contributed by atoms with E-state index < -0.39 is 0 Å². The molecular weight excluding hydrogens is 192 g/mol. The number of carbonyl (C=O) groups excluding carboxylic acids is 1. The van der Waals surface area contributed by atoms with Gasteiger partial charge in [0.1, 0.15) is 5.75 Å². The number of carbonyl (C=O) groups is 1. The molecule has 0 spiro atoms. The lowest BCUT2D eigenvalue weighted by Gasteiger charge is -2.02. The third kappa shape index (κ3) is 1.79. The van der Waals surface area contributed by atoms with Gasteiger partial charge in [-0.15, -0.1) is 0 Å². The van der Waals surface area contributed by atoms with Crippen LogP contribution in [0.25, 0.3) is 10.9 Å². The maximum atomic E-state index is 11.1. The van der Waals surface area contributed by atoms with Crippen molar-refractivity contribution in [1.82, 2.24) is 9.97 Å². The van der Waals surface area contributed by atoms with Crippen LogP contribution in [0.1, 0.15) is 17.5 Å². The molecule has 2 aromatic rings. The molecule has 76 valence electrons. The first-order chi connectivity index (χ1) is 7.20. The van der Waals surface area contributed by atoms with Gasteiger partial charge < -0.3 is 4.74 Å². The number of ether oxygens (including phenoxy) is 1. The summed E-state index contributed by atoms with van der Waals surface area (Å²) in [6.07, 6.45) is 1.63. The lowest BCUT2D eigenvalue weighted by Crippen LogP contribution is -2.00. The molecule has 0 aliphatic rings. The zero-order valence-electron chi connectivity index (χ0n) is 8.52. The van der Waals surface area contributed by atoms with E-state index >= 15 is 0 Å². The van der Waals surface area contributed by atoms with Crippen LogP contribution in [-0.2, 0) is 0 Å². The molecule has 1 aromatic carbocycles. The number of fused-ring (bicyclic) bond motifs is 1. The van der Waals surface area contributed by atoms with E-state index in [2.05, 4.69) is 9.97 Å². The van der Waals surface area contributed by atoms with Crippen molar-refractivity contribution < 1.29 is 9.53 Å². The van der Waals surface area contributed by atoms with E-state index in [1.807, 2.05) is 12.1 Å². The Bertz CT molecular complexity index is 523. The van der Waals surface area contributed by atoms with Gasteiger partial charge in [0.05, 0.1) is 12.6 Å². The van der Waals surface area contributed by atoms with Gasteiger partial charge >= 0.3 is 0 Å². The third-order valence-electron chi connectivity index (χ3n) is 2.10. The number of methoxy groups -OCH3 is 1. The molecule has 0 unspecified atom stereocenters. The standard InChI is InChI=1S/C11H10N2O2/c1-7(14)11-12-6-8-5-9(15-2)3-4-10(8)13-11/h3-6H,1-2H3. The molecule has 0 saturated carbocycles. The van der Waals surface area contributed by atoms with Crippen molar-refractivity contribution in [2.75, 3.05) is 7.11 Å². The van der Waals surface area contributed by atoms with Crippen LogP contribution in [0.3, 0.4) is 0 Å². The first-order valence-electron chi connectivity index (χ1n) is 4.52. The predicted octanol–water partition coefficient (Wildman–Crippen LogP) is 1.84. The summed E-state index contributed by atoms with van der Waals surface area (Å²) in [7, 11) is 1.60. The quantitative estimate of drug-likeness (QED) is 0.697. The second-order valence-electron chi connectivity index (χ2n) is 3.17. The molecule has 0 fully saturated rings. The normalized spacial score (nSPS) is 10.3. The molecule has 2 rings (SSSR count). The van der Waals surface area contributed by atoms with Gasteiger partial charge in [-0.25, -0.2) is 9.97 Å². The Hall–Kier alpha value is -1.97. The van der Waals surface area contributed by atoms with Crippen molar-refractivity contribution in [3.63, 3.8) is 0 Å². The Morgan fingerprint density at radius 2 is 2.20 bits per heavy atom. The largest absolute Gasteiger partial charge is 0.497 e. The van der Waals surface area contributed by atoms with E-state index in [4.69, 9.17) is 4.74 Å². The van der Waals surface area contributed by atoms with Crippen LogP contribution in [-0.4, -0.2) is 22.9 Å². The third-order valence-corrected chi connectivity index (χ3v) is 2.10. The number of benzene rings is 1. The van der Waals surface area contributed by atoms with E-state index in [9.17, 15) is 4.79 Å². The molecule has 1 heterocycles. The highest BCUT2D eigenvalue weighted by Gasteiger charge is 2.04. The smallest absolute Gasteiger partial charge is 0.196 e. The van der Waals surface area contributed by atoms with Crippen molar-refractivity contribution >= 4 is 16.7 Å². The number of ketones is 1. The minimum absolute atomic E-state index is 0.132. The summed E-state index contributed by atoms with van der Waals surface area (Å²) in [6.45, 7) is 1.45. The van der Waals surface area contributed by atoms with Crippen LogP contribution in [0.2, 0.25) is 0 Å². The average molecular weight is 202 g/mol. The Kier molecular flexibility index (Phi) is 2.33. The number of nitrogens with zero attached hydrogens (tertiary/aromatic N) is 2. The number of aromatic nitrogens is 2. The molecule has 0 bridgehead atoms. The topological polar surface area (TPSA) is 52.1 Å². The van der Waals surface area contributed by atoms with Crippen LogP contribution < -0.4 is 4.74 Å². The number of hydrogen-bond acceptors (Lipinski definition) is 4. The molecule has 0 amide bonds. The Morgan fingerprint density at radius 3 is 2.87 bits per heavy atom. The highest BCUT2D eigenvalue weighted by molar-refractivity contribution is 5.92. The summed E-state index contributed by atoms with van der Waals surface area (Å²) in [5.41, 5.74) is 0.746. The summed E-state index contributed by atoms with van der Waals surface area (Å²) in [5.74, 6) is 0.863. The maximum absolute atomic E-state index is 11.1. The first kappa shape index (κ1) is 9.58. The molecule has 4 nitrogen and oxygen atoms in total. The lowest BCUT2D eigenvalue weighted by atomic mass is 10.2. The van der Waals surface area contributed by atoms with Crippen molar-refractivity contribution in [1.29, 1.82) is 0 Å². The van der Waals surface area contributed by atoms with Crippen molar-refractivity contribution in [2.45, 2.75) is 6.92 Å². The fourth-order valence-electron chi connectivity index (χ4n) is 1.31. The van der Waals surface area contributed by atoms with E-state index in [1.54, 1.807) is 19.4 Å². The summed E-state index contributed by atoms with van der Waals surface area (Å²) < 4.78 is 5.08. The summed E-state index contributed by atoms with van der Waals surface area (Å²) >= 11 is 0. The van der Waals surface area contributed by atoms with Gasteiger partial charge in [-0.3, -0.25) is 4.79 Å². The van der Waals surface area contributed by atoms with Crippen LogP contribution in [0.4, 0.5) is 0 Å². The molecule has 0 atom stereocenters. The number of Topliss-reactive ketones (excluding diaryl/α,β-unsaturated/α-hetero) is 1. The molecule has 0 N–H and O–H groups in total. The number of hydrogen-bond donors (Lipinski definition) is 0. The second-order valence-corrected chi connectivity index (χ2v) is 3.17. The van der Waals surface area contributed by atoms with E-state index in [0.29, 0.717) is 0 Å². The van der Waals surface area contributed by atoms with Crippen LogP contribution in [0.5, 0.6) is 5.75 Å². The minimum atomic E-state index is -0.132. The summed E-state index contributed by atoms with van der Waals surface area (Å²) in [4.78, 5) is 19.2. The average Bonchev–Trinajstić information content (AvgIpc) is 2.27. The lowest BCUT2D eigenvalue weighted by molar-refractivity contribution is 0.100. The van der Waals surface area contributed by atoms with Gasteiger partial charge in [-0.05, 0) is 18.2 Å². The number of rotatable bonds is 2. The van der Waals surface area contributed by atoms with Gasteiger partial charge in [0, 0.05) is 18.5 Å². The van der Waals surface area contributed by atoms with Gasteiger partial charge in [0.25, 0.3) is 0 Å². The van der Waals surface area contributed by atoms with Gasteiger partial charge in [-0.1, -0.05) is 0 Å². The van der Waals surface area contributed by atoms with Crippen molar-refractivity contribution in [3.05, 3.63) is 30.2 Å². The minimum Gasteiger partial charge on any atom is -0.497 e. The fourth-order valence-corrected chi connectivity index (χ4v) is 1.31. The summed E-state index contributed by atoms with van der Waals surface area (Å²) in [6, 6.07) is 5.45. The SMILES string of the molecule is COc1ccc2nc(C(C)=O)ncc2c1. The highest BCUT2D eigenvalue weighted by Crippen LogP contribution is 2.18. The Morgan fingerprint density at radius 1 is 1.40 bits per heavy atom. The highest BCUT2D eigenvalue weighted by atomic mass is 16.5. The maximum Gasteiger partial charge on any atom is 0.196 e. The molecule has 0 radical (unpaired) electrons. The van der Waals surface area contributed by atoms with E-state index in [1.165, 1.54) is 6.92 Å². The van der Waals surface area contributed by atoms with Gasteiger partial charge in [0.15, 0.2) is 11.6 Å². The van der Waals surface area contributed by atoms with Crippen molar-refractivity contribution in [2.24, 2.45) is 0 Å². The second kappa shape index (κ2) is 3.65. The molecule has 4 heteroatoms. The summed E-state index contributed by atoms with van der Waals surface area (Å²) in [5, 5.41) is 0.861. The van der Waals surface area contributed by atoms with Crippen molar-refractivity contribution in [3.8, 4) is 5.75 Å². The zero-order chi connectivity index (χ0) is 10.8. The molecule has 0 aliphatic carbocycles. The zero-order valence-corrected chi connectivity index (χ0v) is 8.52. The van der Waals surface area contributed by atoms with Crippen LogP contribution in [0.15, 0.2) is 24.4 Å². The molecule has 1 aromatic heterocycles.